The third-order valence-corrected chi connectivity index (χ3v) is 3.52. The lowest BCUT2D eigenvalue weighted by molar-refractivity contribution is -0.109. The van der Waals surface area contributed by atoms with Crippen LogP contribution in [0.3, 0.4) is 0 Å². The minimum Gasteiger partial charge on any atom is -0.508 e. The normalized spacial score (nSPS) is 10.9. The zero-order valence-corrected chi connectivity index (χ0v) is 12.3. The summed E-state index contributed by atoms with van der Waals surface area (Å²) in [6.45, 7) is 6.99. The molecule has 0 aliphatic carbocycles. The summed E-state index contributed by atoms with van der Waals surface area (Å²) in [6, 6.07) is 7.22. The summed E-state index contributed by atoms with van der Waals surface area (Å²) in [7, 11) is 0. The van der Waals surface area contributed by atoms with Crippen LogP contribution in [0, 0.1) is 5.92 Å². The molecule has 19 heavy (non-hydrogen) atoms. The molecule has 0 aliphatic heterocycles. The maximum absolute atomic E-state index is 10.2. The highest BCUT2D eigenvalue weighted by atomic mass is 32.2. The van der Waals surface area contributed by atoms with Gasteiger partial charge >= 0.3 is 0 Å². The van der Waals surface area contributed by atoms with E-state index >= 15 is 0 Å². The summed E-state index contributed by atoms with van der Waals surface area (Å²) in [5.41, 5.74) is 0. The summed E-state index contributed by atoms with van der Waals surface area (Å²) in [6.07, 6.45) is 1.66. The van der Waals surface area contributed by atoms with Crippen molar-refractivity contribution in [1.29, 1.82) is 0 Å². The van der Waals surface area contributed by atoms with Crippen LogP contribution in [0.1, 0.15) is 20.3 Å². The van der Waals surface area contributed by atoms with Crippen LogP contribution in [0.5, 0.6) is 5.75 Å². The number of amides is 1. The molecule has 1 amide bonds. The van der Waals surface area contributed by atoms with Gasteiger partial charge in [0.25, 0.3) is 0 Å². The molecule has 1 rings (SSSR count). The third kappa shape index (κ3) is 7.08. The smallest absolute Gasteiger partial charge is 0.207 e. The molecule has 0 spiro atoms. The van der Waals surface area contributed by atoms with Gasteiger partial charge in [-0.3, -0.25) is 4.79 Å². The number of phenols is 1. The summed E-state index contributed by atoms with van der Waals surface area (Å²) in [4.78, 5) is 11.3. The van der Waals surface area contributed by atoms with Crippen LogP contribution in [-0.4, -0.2) is 35.5 Å². The predicted octanol–water partition coefficient (Wildman–Crippen LogP) is 2.49. The topological polar surface area (TPSA) is 52.6 Å². The van der Waals surface area contributed by atoms with Gasteiger partial charge in [-0.2, -0.15) is 0 Å². The number of hydrogen-bond acceptors (Lipinski definition) is 4. The number of nitrogens with one attached hydrogen (secondary N) is 1. The Morgan fingerprint density at radius 2 is 2.05 bits per heavy atom. The van der Waals surface area contributed by atoms with Gasteiger partial charge in [0, 0.05) is 24.5 Å². The van der Waals surface area contributed by atoms with E-state index in [0.29, 0.717) is 12.5 Å². The Kier molecular flexibility index (Phi) is 7.36. The molecule has 0 heterocycles. The monoisotopic (exact) mass is 282 g/mol. The van der Waals surface area contributed by atoms with Crippen molar-refractivity contribution in [2.75, 3.05) is 19.6 Å². The highest BCUT2D eigenvalue weighted by molar-refractivity contribution is 7.97. The molecule has 0 unspecified atom stereocenters. The summed E-state index contributed by atoms with van der Waals surface area (Å²) >= 11 is 1.69. The second-order valence-electron chi connectivity index (χ2n) is 4.79. The van der Waals surface area contributed by atoms with Crippen molar-refractivity contribution in [3.63, 3.8) is 0 Å². The molecule has 4 nitrogen and oxygen atoms in total. The zero-order valence-electron chi connectivity index (χ0n) is 11.5. The molecule has 0 radical (unpaired) electrons. The standard InChI is InChI=1S/C14H22N2O2S/c1-12(2)10-16(9-3-8-15-11-17)19-14-6-4-13(18)5-7-14/h4-7,11-12,18H,3,8-10H2,1-2H3,(H,15,17). The maximum Gasteiger partial charge on any atom is 0.207 e. The van der Waals surface area contributed by atoms with Crippen molar-refractivity contribution in [1.82, 2.24) is 9.62 Å². The number of hydrogen-bond donors (Lipinski definition) is 2. The average Bonchev–Trinajstić information content (AvgIpc) is 2.36. The fourth-order valence-electron chi connectivity index (χ4n) is 1.65. The van der Waals surface area contributed by atoms with Crippen molar-refractivity contribution >= 4 is 18.4 Å². The number of rotatable bonds is 9. The van der Waals surface area contributed by atoms with Crippen LogP contribution in [0.15, 0.2) is 29.2 Å². The van der Waals surface area contributed by atoms with Crippen molar-refractivity contribution in [3.8, 4) is 5.75 Å². The first-order chi connectivity index (χ1) is 9.11. The van der Waals surface area contributed by atoms with Gasteiger partial charge in [0.15, 0.2) is 0 Å². The van der Waals surface area contributed by atoms with E-state index in [1.807, 2.05) is 12.1 Å². The lowest BCUT2D eigenvalue weighted by Gasteiger charge is -2.23. The Morgan fingerprint density at radius 1 is 1.37 bits per heavy atom. The van der Waals surface area contributed by atoms with E-state index in [2.05, 4.69) is 23.5 Å². The summed E-state index contributed by atoms with van der Waals surface area (Å²) in [5, 5.41) is 12.0. The van der Waals surface area contributed by atoms with Crippen molar-refractivity contribution < 1.29 is 9.90 Å². The van der Waals surface area contributed by atoms with Gasteiger partial charge in [-0.25, -0.2) is 4.31 Å². The number of aromatic hydroxyl groups is 1. The van der Waals surface area contributed by atoms with E-state index in [9.17, 15) is 9.90 Å². The van der Waals surface area contributed by atoms with Crippen LogP contribution in [0.25, 0.3) is 0 Å². The number of benzene rings is 1. The van der Waals surface area contributed by atoms with Gasteiger partial charge in [0.2, 0.25) is 6.41 Å². The minimum absolute atomic E-state index is 0.287. The lowest BCUT2D eigenvalue weighted by Crippen LogP contribution is -2.25. The first-order valence-corrected chi connectivity index (χ1v) is 7.28. The Bertz CT molecular complexity index is 368. The molecule has 0 aromatic heterocycles. The van der Waals surface area contributed by atoms with Gasteiger partial charge in [-0.1, -0.05) is 13.8 Å². The van der Waals surface area contributed by atoms with Crippen LogP contribution in [-0.2, 0) is 4.79 Å². The second-order valence-corrected chi connectivity index (χ2v) is 5.96. The molecule has 1 aromatic rings. The van der Waals surface area contributed by atoms with E-state index < -0.39 is 0 Å². The van der Waals surface area contributed by atoms with Crippen LogP contribution in [0.2, 0.25) is 0 Å². The first-order valence-electron chi connectivity index (χ1n) is 6.51. The summed E-state index contributed by atoms with van der Waals surface area (Å²) in [5.74, 6) is 0.874. The Labute approximate surface area is 119 Å². The molecule has 0 aliphatic rings. The van der Waals surface area contributed by atoms with E-state index in [1.165, 1.54) is 0 Å². The lowest BCUT2D eigenvalue weighted by atomic mass is 10.2. The summed E-state index contributed by atoms with van der Waals surface area (Å²) < 4.78 is 2.30. The molecule has 0 saturated carbocycles. The fraction of sp³-hybridized carbons (Fsp3) is 0.500. The Balaban J connectivity index is 2.48. The van der Waals surface area contributed by atoms with Gasteiger partial charge < -0.3 is 10.4 Å². The largest absolute Gasteiger partial charge is 0.508 e. The molecular weight excluding hydrogens is 260 g/mol. The van der Waals surface area contributed by atoms with Gasteiger partial charge in [0.1, 0.15) is 5.75 Å². The highest BCUT2D eigenvalue weighted by Crippen LogP contribution is 2.25. The first kappa shape index (κ1) is 15.9. The molecular formula is C14H22N2O2S. The molecule has 0 fully saturated rings. The Morgan fingerprint density at radius 3 is 2.63 bits per heavy atom. The molecule has 2 N–H and O–H groups in total. The third-order valence-electron chi connectivity index (χ3n) is 2.45. The van der Waals surface area contributed by atoms with Crippen LogP contribution in [0.4, 0.5) is 0 Å². The van der Waals surface area contributed by atoms with E-state index in [4.69, 9.17) is 0 Å². The quantitative estimate of drug-likeness (QED) is 0.415. The van der Waals surface area contributed by atoms with Crippen molar-refractivity contribution in [3.05, 3.63) is 24.3 Å². The molecule has 1 aromatic carbocycles. The van der Waals surface area contributed by atoms with E-state index in [-0.39, 0.29) is 5.75 Å². The number of phenolic OH excluding ortho intramolecular Hbond substituents is 1. The molecule has 0 atom stereocenters. The fourth-order valence-corrected chi connectivity index (χ4v) is 2.80. The molecule has 0 bridgehead atoms. The van der Waals surface area contributed by atoms with Crippen LogP contribution < -0.4 is 5.32 Å². The van der Waals surface area contributed by atoms with Gasteiger partial charge in [-0.15, -0.1) is 0 Å². The van der Waals surface area contributed by atoms with Crippen LogP contribution >= 0.6 is 11.9 Å². The highest BCUT2D eigenvalue weighted by Gasteiger charge is 2.09. The number of nitrogens with zero attached hydrogens (tertiary/aromatic N) is 1. The number of carbonyl (C=O) groups excluding carboxylic acids is 1. The Hall–Kier alpha value is -1.20. The molecule has 0 saturated heterocycles. The average molecular weight is 282 g/mol. The minimum atomic E-state index is 0.287. The van der Waals surface area contributed by atoms with Gasteiger partial charge in [0.05, 0.1) is 0 Å². The molecule has 5 heteroatoms. The predicted molar refractivity (Wildman–Crippen MR) is 79.1 cm³/mol. The number of carbonyl (C=O) groups is 1. The molecule has 106 valence electrons. The van der Waals surface area contributed by atoms with Crippen molar-refractivity contribution in [2.45, 2.75) is 25.2 Å². The second kappa shape index (κ2) is 8.82. The zero-order chi connectivity index (χ0) is 14.1. The SMILES string of the molecule is CC(C)CN(CCCNC=O)Sc1ccc(O)cc1. The van der Waals surface area contributed by atoms with E-state index in [0.717, 1.165) is 30.8 Å². The van der Waals surface area contributed by atoms with Gasteiger partial charge in [-0.05, 0) is 48.6 Å². The van der Waals surface area contributed by atoms with Crippen molar-refractivity contribution in [2.24, 2.45) is 5.92 Å². The maximum atomic E-state index is 10.2. The van der Waals surface area contributed by atoms with E-state index in [1.54, 1.807) is 24.1 Å².